The molecule has 0 bridgehead atoms. The Morgan fingerprint density at radius 2 is 1.73 bits per heavy atom. The minimum absolute atomic E-state index is 0.174. The largest absolute Gasteiger partial charge is 0.0809 e. The normalized spacial score (nSPS) is 12.2. The van der Waals surface area contributed by atoms with Gasteiger partial charge in [-0.3, -0.25) is 0 Å². The lowest BCUT2D eigenvalue weighted by Crippen LogP contribution is -1.98. The van der Waals surface area contributed by atoms with E-state index in [-0.39, 0.29) is 5.92 Å². The van der Waals surface area contributed by atoms with Gasteiger partial charge in [0.2, 0.25) is 0 Å². The highest BCUT2D eigenvalue weighted by Gasteiger charge is 2.09. The smallest absolute Gasteiger partial charge is 0.0462 e. The van der Waals surface area contributed by atoms with Crippen LogP contribution >= 0.6 is 0 Å². The third-order valence-corrected chi connectivity index (χ3v) is 3.10. The monoisotopic (exact) mass is 199 g/mol. The van der Waals surface area contributed by atoms with E-state index in [1.807, 2.05) is 0 Å². The number of benzene rings is 1. The maximum Gasteiger partial charge on any atom is 0.0462 e. The van der Waals surface area contributed by atoms with Gasteiger partial charge in [-0.2, -0.15) is 0 Å². The van der Waals surface area contributed by atoms with Gasteiger partial charge in [0.15, 0.2) is 0 Å². The standard InChI is InChI=1S/C15H19/c1-6-8-14(7-2)15-9-11(3)13(5)12(4)10-15/h9-10,14H,6,8H2,1,3-5H3. The van der Waals surface area contributed by atoms with Gasteiger partial charge in [-0.25, -0.2) is 0 Å². The second-order valence-corrected chi connectivity index (χ2v) is 4.27. The predicted octanol–water partition coefficient (Wildman–Crippen LogP) is 4.09. The van der Waals surface area contributed by atoms with E-state index < -0.39 is 0 Å². The van der Waals surface area contributed by atoms with Crippen LogP contribution < -0.4 is 0 Å². The van der Waals surface area contributed by atoms with Crippen LogP contribution in [0.25, 0.3) is 0 Å². The molecule has 15 heavy (non-hydrogen) atoms. The van der Waals surface area contributed by atoms with Crippen LogP contribution in [0.15, 0.2) is 12.1 Å². The molecular weight excluding hydrogens is 180 g/mol. The molecule has 0 aliphatic heterocycles. The maximum absolute atomic E-state index is 7.35. The topological polar surface area (TPSA) is 0 Å². The van der Waals surface area contributed by atoms with Crippen molar-refractivity contribution in [1.29, 1.82) is 0 Å². The summed E-state index contributed by atoms with van der Waals surface area (Å²) in [5.74, 6) is 2.82. The Hall–Kier alpha value is -1.22. The molecule has 0 N–H and O–H groups in total. The summed E-state index contributed by atoms with van der Waals surface area (Å²) in [4.78, 5) is 0. The lowest BCUT2D eigenvalue weighted by Gasteiger charge is -2.13. The molecular formula is C15H19. The van der Waals surface area contributed by atoms with Crippen molar-refractivity contribution in [2.75, 3.05) is 0 Å². The first-order chi connectivity index (χ1) is 7.10. The van der Waals surface area contributed by atoms with Crippen LogP contribution in [-0.2, 0) is 0 Å². The molecule has 1 radical (unpaired) electrons. The minimum atomic E-state index is 0.174. The SMILES string of the molecule is [C]#CC(CCC)c1cc(C)c(C)c(C)c1. The molecule has 0 aromatic heterocycles. The second-order valence-electron chi connectivity index (χ2n) is 4.27. The number of rotatable bonds is 3. The van der Waals surface area contributed by atoms with Crippen molar-refractivity contribution >= 4 is 0 Å². The molecule has 0 aliphatic carbocycles. The van der Waals surface area contributed by atoms with E-state index >= 15 is 0 Å². The van der Waals surface area contributed by atoms with E-state index in [1.54, 1.807) is 0 Å². The fraction of sp³-hybridized carbons (Fsp3) is 0.467. The maximum atomic E-state index is 7.35. The van der Waals surface area contributed by atoms with Crippen LogP contribution in [0.5, 0.6) is 0 Å². The van der Waals surface area contributed by atoms with Gasteiger partial charge < -0.3 is 0 Å². The first kappa shape index (κ1) is 11.9. The van der Waals surface area contributed by atoms with Gasteiger partial charge >= 0.3 is 0 Å². The summed E-state index contributed by atoms with van der Waals surface area (Å²) in [6.45, 7) is 8.58. The molecule has 0 heteroatoms. The number of hydrogen-bond donors (Lipinski definition) is 0. The molecule has 0 saturated carbocycles. The molecule has 0 spiro atoms. The molecule has 1 unspecified atom stereocenters. The molecule has 0 aliphatic rings. The third kappa shape index (κ3) is 2.63. The molecule has 0 saturated heterocycles. The van der Waals surface area contributed by atoms with E-state index in [0.29, 0.717) is 0 Å². The summed E-state index contributed by atoms with van der Waals surface area (Å²) >= 11 is 0. The summed E-state index contributed by atoms with van der Waals surface area (Å²) < 4.78 is 0. The fourth-order valence-electron chi connectivity index (χ4n) is 1.88. The highest BCUT2D eigenvalue weighted by molar-refractivity contribution is 5.40. The van der Waals surface area contributed by atoms with Crippen LogP contribution in [0.2, 0.25) is 0 Å². The minimum Gasteiger partial charge on any atom is -0.0809 e. The number of aryl methyl sites for hydroxylation is 2. The number of hydrogen-bond acceptors (Lipinski definition) is 0. The van der Waals surface area contributed by atoms with Crippen molar-refractivity contribution < 1.29 is 0 Å². The van der Waals surface area contributed by atoms with Gasteiger partial charge in [0.1, 0.15) is 0 Å². The summed E-state index contributed by atoms with van der Waals surface area (Å²) in [6.07, 6.45) is 9.46. The summed E-state index contributed by atoms with van der Waals surface area (Å²) in [7, 11) is 0. The Morgan fingerprint density at radius 3 is 2.13 bits per heavy atom. The Bertz CT molecular complexity index is 357. The van der Waals surface area contributed by atoms with Crippen molar-refractivity contribution in [3.63, 3.8) is 0 Å². The first-order valence-corrected chi connectivity index (χ1v) is 5.60. The third-order valence-electron chi connectivity index (χ3n) is 3.10. The van der Waals surface area contributed by atoms with Crippen molar-refractivity contribution in [1.82, 2.24) is 0 Å². The molecule has 1 aromatic rings. The molecule has 0 amide bonds. The predicted molar refractivity (Wildman–Crippen MR) is 65.4 cm³/mol. The highest BCUT2D eigenvalue weighted by Crippen LogP contribution is 2.24. The van der Waals surface area contributed by atoms with Crippen LogP contribution in [0, 0.1) is 33.1 Å². The van der Waals surface area contributed by atoms with Gasteiger partial charge in [-0.1, -0.05) is 31.4 Å². The van der Waals surface area contributed by atoms with Crippen molar-refractivity contribution in [2.45, 2.75) is 46.5 Å². The van der Waals surface area contributed by atoms with E-state index in [9.17, 15) is 0 Å². The summed E-state index contributed by atoms with van der Waals surface area (Å²) in [5, 5.41) is 0. The summed E-state index contributed by atoms with van der Waals surface area (Å²) in [5.41, 5.74) is 5.24. The zero-order chi connectivity index (χ0) is 11.4. The summed E-state index contributed by atoms with van der Waals surface area (Å²) in [6, 6.07) is 4.40. The molecule has 0 fully saturated rings. The van der Waals surface area contributed by atoms with Gasteiger partial charge in [-0.15, -0.1) is 0 Å². The van der Waals surface area contributed by atoms with E-state index in [1.165, 1.54) is 22.3 Å². The van der Waals surface area contributed by atoms with Crippen LogP contribution in [0.1, 0.15) is 47.9 Å². The molecule has 79 valence electrons. The highest BCUT2D eigenvalue weighted by atomic mass is 14.1. The van der Waals surface area contributed by atoms with E-state index in [0.717, 1.165) is 12.8 Å². The Morgan fingerprint density at radius 1 is 1.20 bits per heavy atom. The average molecular weight is 199 g/mol. The Labute approximate surface area is 93.7 Å². The van der Waals surface area contributed by atoms with Crippen molar-refractivity contribution in [3.8, 4) is 5.92 Å². The van der Waals surface area contributed by atoms with Gasteiger partial charge in [0.05, 0.1) is 0 Å². The average Bonchev–Trinajstić information content (AvgIpc) is 2.22. The molecule has 1 aromatic carbocycles. The van der Waals surface area contributed by atoms with E-state index in [2.05, 4.69) is 45.7 Å². The van der Waals surface area contributed by atoms with Gasteiger partial charge in [0, 0.05) is 5.92 Å². The second kappa shape index (κ2) is 5.03. The van der Waals surface area contributed by atoms with Gasteiger partial charge in [0.25, 0.3) is 0 Å². The van der Waals surface area contributed by atoms with Gasteiger partial charge in [-0.05, 0) is 55.9 Å². The Balaban J connectivity index is 3.10. The molecule has 0 nitrogen and oxygen atoms in total. The lowest BCUT2D eigenvalue weighted by molar-refractivity contribution is 0.732. The van der Waals surface area contributed by atoms with Crippen LogP contribution in [0.3, 0.4) is 0 Å². The molecule has 1 atom stereocenters. The fourth-order valence-corrected chi connectivity index (χ4v) is 1.88. The Kier molecular flexibility index (Phi) is 3.97. The van der Waals surface area contributed by atoms with Crippen molar-refractivity contribution in [2.24, 2.45) is 0 Å². The van der Waals surface area contributed by atoms with Crippen LogP contribution in [0.4, 0.5) is 0 Å². The quantitative estimate of drug-likeness (QED) is 0.643. The zero-order valence-corrected chi connectivity index (χ0v) is 10.1. The van der Waals surface area contributed by atoms with E-state index in [4.69, 9.17) is 6.42 Å². The lowest BCUT2D eigenvalue weighted by atomic mass is 9.90. The zero-order valence-electron chi connectivity index (χ0n) is 10.1. The first-order valence-electron chi connectivity index (χ1n) is 5.60. The molecule has 1 rings (SSSR count). The van der Waals surface area contributed by atoms with Crippen molar-refractivity contribution in [3.05, 3.63) is 40.8 Å². The molecule has 0 heterocycles. The van der Waals surface area contributed by atoms with Crippen LogP contribution in [-0.4, -0.2) is 0 Å².